The summed E-state index contributed by atoms with van der Waals surface area (Å²) in [6.07, 6.45) is 10.1. The normalized spacial score (nSPS) is 11.0. The number of nitrogens with zero attached hydrogens (tertiary/aromatic N) is 9. The predicted octanol–water partition coefficient (Wildman–Crippen LogP) is -1.76. The van der Waals surface area contributed by atoms with Crippen molar-refractivity contribution in [1.82, 2.24) is 49.8 Å². The number of H-pyrrole nitrogens is 2. The van der Waals surface area contributed by atoms with Gasteiger partial charge in [0.2, 0.25) is 5.51 Å². The number of aliphatic hydroxyl groups excluding tert-OH is 1. The Morgan fingerprint density at radius 2 is 1.69 bits per heavy atom. The molecule has 0 aromatic carbocycles. The Labute approximate surface area is 315 Å². The Bertz CT molecular complexity index is 2240. The molecule has 0 spiro atoms. The van der Waals surface area contributed by atoms with Crippen molar-refractivity contribution in [3.63, 3.8) is 0 Å². The minimum atomic E-state index is -5.05. The molecule has 2 aliphatic rings. The number of hydrogen-bond acceptors (Lipinski definition) is 17. The average Bonchev–Trinajstić information content (AvgIpc) is 3.91. The number of aromatic amines is 2. The van der Waals surface area contributed by atoms with E-state index in [-0.39, 0.29) is 19.0 Å². The number of aromatic nitrogens is 11. The van der Waals surface area contributed by atoms with Crippen molar-refractivity contribution in [2.45, 2.75) is 33.4 Å². The van der Waals surface area contributed by atoms with Gasteiger partial charge in [0, 0.05) is 26.1 Å². The van der Waals surface area contributed by atoms with Crippen LogP contribution in [0.15, 0.2) is 59.8 Å². The molecule has 23 nitrogen and oxygen atoms in total. The molecule has 0 atom stereocenters. The highest BCUT2D eigenvalue weighted by molar-refractivity contribution is 7.60. The van der Waals surface area contributed by atoms with Crippen molar-refractivity contribution in [3.05, 3.63) is 83.1 Å². The maximum absolute atomic E-state index is 9.63. The second kappa shape index (κ2) is 19.9. The zero-order chi connectivity index (χ0) is 38.6. The molecule has 5 aromatic rings. The lowest BCUT2D eigenvalue weighted by molar-refractivity contribution is -0.689. The number of hydrogen-bond donors (Lipinski definition) is 10. The van der Waals surface area contributed by atoms with Crippen LogP contribution in [0.5, 0.6) is 0 Å². The molecule has 54 heavy (non-hydrogen) atoms. The summed E-state index contributed by atoms with van der Waals surface area (Å²) in [5.41, 5.74) is 17.5. The largest absolute Gasteiger partial charge is 1.00 e. The first-order valence-corrected chi connectivity index (χ1v) is 18.8. The number of furan rings is 1. The fourth-order valence-electron chi connectivity index (χ4n) is 4.17. The van der Waals surface area contributed by atoms with E-state index in [2.05, 4.69) is 64.0 Å². The van der Waals surface area contributed by atoms with Gasteiger partial charge in [-0.15, -0.1) is 0 Å². The quantitative estimate of drug-likeness (QED) is 0.0569. The topological polar surface area (TPSA) is 360 Å². The lowest BCUT2D eigenvalue weighted by Gasteiger charge is -2.06. The minimum Gasteiger partial charge on any atom is -1.00 e. The van der Waals surface area contributed by atoms with Crippen molar-refractivity contribution in [2.24, 2.45) is 0 Å². The number of anilines is 3. The van der Waals surface area contributed by atoms with Gasteiger partial charge in [-0.3, -0.25) is 0 Å². The van der Waals surface area contributed by atoms with Gasteiger partial charge < -0.3 is 68.3 Å². The summed E-state index contributed by atoms with van der Waals surface area (Å²) >= 11 is 1.65. The Balaban J connectivity index is 0.000000200. The van der Waals surface area contributed by atoms with Crippen molar-refractivity contribution < 1.29 is 59.5 Å². The average molecular weight is 829 g/mol. The van der Waals surface area contributed by atoms with Crippen LogP contribution in [-0.2, 0) is 33.0 Å². The molecule has 7 heterocycles. The molecule has 27 heteroatoms. The number of aryl methyl sites for hydroxylation is 1. The van der Waals surface area contributed by atoms with Gasteiger partial charge in [0.15, 0.2) is 29.5 Å². The van der Waals surface area contributed by atoms with Crippen LogP contribution in [0.2, 0.25) is 0 Å². The number of fused-ring (bicyclic) bond motifs is 2. The molecular weight excluding hydrogens is 794 g/mol. The lowest BCUT2D eigenvalue weighted by Crippen LogP contribution is -3.00. The monoisotopic (exact) mass is 828 g/mol. The summed E-state index contributed by atoms with van der Waals surface area (Å²) in [5.74, 6) is 3.90. The molecule has 0 saturated carbocycles. The fraction of sp³-hybridized carbons (Fsp3) is 0.222. The predicted molar refractivity (Wildman–Crippen MR) is 188 cm³/mol. The first kappa shape index (κ1) is 43.4. The van der Waals surface area contributed by atoms with Crippen LogP contribution < -0.4 is 33.8 Å². The van der Waals surface area contributed by atoms with Gasteiger partial charge >= 0.3 is 15.6 Å². The van der Waals surface area contributed by atoms with E-state index in [1.54, 1.807) is 30.1 Å². The summed E-state index contributed by atoms with van der Waals surface area (Å²) in [5, 5.41) is 12.2. The number of phosphoric acid groups is 2. The number of nitrogen functional groups attached to an aromatic ring is 2. The summed E-state index contributed by atoms with van der Waals surface area (Å²) in [7, 11) is -10.1. The van der Waals surface area contributed by atoms with Gasteiger partial charge in [0.25, 0.3) is 0 Å². The fourth-order valence-corrected chi connectivity index (χ4v) is 6.26. The van der Waals surface area contributed by atoms with E-state index in [0.29, 0.717) is 54.0 Å². The van der Waals surface area contributed by atoms with Gasteiger partial charge in [-0.25, -0.2) is 49.0 Å². The van der Waals surface area contributed by atoms with Crippen LogP contribution in [0, 0.1) is 13.8 Å². The third-order valence-corrected chi connectivity index (χ3v) is 9.39. The Hall–Kier alpha value is -5.00. The number of nitrogens with two attached hydrogens (primary N) is 2. The standard InChI is InChI=1S/C12H17N4OS.C10H9N5O.C5H5N5.ClH.H4O7P2/c1-8-11(3-4-17)18-7-16(8)6-10-5-14-9(2)15-12(10)13;1-2-7(16-3-1)4-11-9-8-10(13-5-12-8)15-6-14-9;6-4-3-5(9-1-7-3)10-2-8-4;;1-8(2,3)7-9(4,5)6/h5,7,17H,3-4,6H2,1-2H3,(H2,13,14,15);1-3,5-6H,4H2,(H2,11,12,13,14,15);1-2H,(H3,6,7,8,9,10);1H;(H2,1,2,3)(H2,4,5,6)/q+1;;;;/p-1. The van der Waals surface area contributed by atoms with E-state index in [4.69, 9.17) is 40.6 Å². The van der Waals surface area contributed by atoms with Gasteiger partial charge in [0.1, 0.15) is 47.1 Å². The molecule has 2 aliphatic heterocycles. The van der Waals surface area contributed by atoms with Gasteiger partial charge in [0.05, 0.1) is 35.9 Å². The highest BCUT2D eigenvalue weighted by atomic mass is 35.5. The first-order valence-electron chi connectivity index (χ1n) is 14.9. The zero-order valence-corrected chi connectivity index (χ0v) is 31.6. The number of thiazole rings is 1. The molecule has 5 aromatic heterocycles. The molecule has 0 saturated heterocycles. The van der Waals surface area contributed by atoms with Crippen LogP contribution >= 0.6 is 27.0 Å². The number of aliphatic hydroxyl groups is 1. The maximum Gasteiger partial charge on any atom is 0.478 e. The number of imidazole rings is 2. The number of halogens is 1. The summed E-state index contributed by atoms with van der Waals surface area (Å²) in [6.45, 7) is 5.31. The first-order chi connectivity index (χ1) is 25.1. The smallest absolute Gasteiger partial charge is 0.478 e. The molecule has 12 N–H and O–H groups in total. The molecule has 290 valence electrons. The lowest BCUT2D eigenvalue weighted by atomic mass is 10.2. The van der Waals surface area contributed by atoms with Crippen molar-refractivity contribution in [2.75, 3.05) is 23.4 Å². The van der Waals surface area contributed by atoms with Crippen LogP contribution in [0.25, 0.3) is 22.7 Å². The molecule has 0 aliphatic carbocycles. The molecule has 0 bridgehead atoms. The zero-order valence-electron chi connectivity index (χ0n) is 28.3. The van der Waals surface area contributed by atoms with Gasteiger partial charge in [-0.2, -0.15) is 8.88 Å². The SMILES string of the molecule is Cc1ncc(C[n+]2csc(CCO)c2C)c(N)n1.Nc1ncnc2[nH]cnc12.O=P(O)(O)OP(=O)(O)O.[Cl-].c1coc(CNc2[nH]cnc3ncnc2-3)c1. The van der Waals surface area contributed by atoms with E-state index < -0.39 is 15.6 Å². The van der Waals surface area contributed by atoms with Crippen molar-refractivity contribution in [1.29, 1.82) is 0 Å². The minimum absolute atomic E-state index is 0. The summed E-state index contributed by atoms with van der Waals surface area (Å²) in [6, 6.07) is 3.76. The van der Waals surface area contributed by atoms with Gasteiger partial charge in [-0.05, 0) is 19.1 Å². The van der Waals surface area contributed by atoms with Crippen LogP contribution in [-0.4, -0.2) is 81.1 Å². The van der Waals surface area contributed by atoms with Crippen LogP contribution in [0.3, 0.4) is 0 Å². The highest BCUT2D eigenvalue weighted by Crippen LogP contribution is 2.53. The molecule has 0 fully saturated rings. The highest BCUT2D eigenvalue weighted by Gasteiger charge is 2.28. The van der Waals surface area contributed by atoms with E-state index in [1.165, 1.54) is 23.9 Å². The number of rotatable bonds is 9. The summed E-state index contributed by atoms with van der Waals surface area (Å²) in [4.78, 5) is 70.1. The van der Waals surface area contributed by atoms with Crippen LogP contribution in [0.4, 0.5) is 17.5 Å². The Kier molecular flexibility index (Phi) is 16.0. The second-order valence-corrected chi connectivity index (χ2v) is 13.9. The Morgan fingerprint density at radius 3 is 2.31 bits per heavy atom. The van der Waals surface area contributed by atoms with E-state index in [1.807, 2.05) is 31.5 Å². The molecule has 7 rings (SSSR count). The third kappa shape index (κ3) is 13.4. The summed E-state index contributed by atoms with van der Waals surface area (Å²) < 4.78 is 29.5. The number of nitrogens with one attached hydrogen (secondary N) is 3. The second-order valence-electron chi connectivity index (χ2n) is 10.3. The molecular formula is C27H35ClN14O9P2S. The van der Waals surface area contributed by atoms with E-state index >= 15 is 0 Å². The molecule has 0 radical (unpaired) electrons. The van der Waals surface area contributed by atoms with E-state index in [9.17, 15) is 9.13 Å². The van der Waals surface area contributed by atoms with Crippen LogP contribution in [0.1, 0.15) is 27.7 Å². The third-order valence-electron chi connectivity index (χ3n) is 6.54. The van der Waals surface area contributed by atoms with Crippen molar-refractivity contribution >= 4 is 55.6 Å². The molecule has 0 amide bonds. The molecule has 0 unspecified atom stereocenters. The van der Waals surface area contributed by atoms with Crippen molar-refractivity contribution in [3.8, 4) is 11.5 Å². The van der Waals surface area contributed by atoms with Gasteiger partial charge in [-0.1, -0.05) is 11.3 Å². The maximum atomic E-state index is 9.63. The van der Waals surface area contributed by atoms with E-state index in [0.717, 1.165) is 28.5 Å². The Morgan fingerprint density at radius 1 is 0.963 bits per heavy atom.